The first kappa shape index (κ1) is 13.0. The molecule has 1 rings (SSSR count). The molecule has 1 aliphatic rings. The lowest BCUT2D eigenvalue weighted by atomic mass is 9.93. The fourth-order valence-corrected chi connectivity index (χ4v) is 1.94. The molecule has 5 heteroatoms. The highest BCUT2D eigenvalue weighted by molar-refractivity contribution is 5.82. The second-order valence-corrected chi connectivity index (χ2v) is 4.54. The Morgan fingerprint density at radius 3 is 2.75 bits per heavy atom. The highest BCUT2D eigenvalue weighted by Crippen LogP contribution is 2.16. The highest BCUT2D eigenvalue weighted by Gasteiger charge is 2.26. The van der Waals surface area contributed by atoms with E-state index < -0.39 is 5.97 Å². The number of hydrogen-bond donors (Lipinski definition) is 2. The molecule has 0 aromatic carbocycles. The Balaban J connectivity index is 2.40. The molecule has 0 radical (unpaired) electrons. The summed E-state index contributed by atoms with van der Waals surface area (Å²) in [6.07, 6.45) is 1.95. The van der Waals surface area contributed by atoms with Gasteiger partial charge in [-0.1, -0.05) is 6.92 Å². The summed E-state index contributed by atoms with van der Waals surface area (Å²) in [6.45, 7) is 3.28. The molecule has 1 heterocycles. The average Bonchev–Trinajstić information content (AvgIpc) is 2.24. The largest absolute Gasteiger partial charge is 0.481 e. The number of nitrogens with one attached hydrogen (secondary N) is 1. The first-order chi connectivity index (χ1) is 7.50. The van der Waals surface area contributed by atoms with Crippen LogP contribution in [-0.4, -0.2) is 48.1 Å². The van der Waals surface area contributed by atoms with E-state index in [2.05, 4.69) is 12.2 Å². The number of rotatable bonds is 4. The normalized spacial score (nSPS) is 25.1. The van der Waals surface area contributed by atoms with Crippen molar-refractivity contribution >= 4 is 11.9 Å². The van der Waals surface area contributed by atoms with Gasteiger partial charge in [-0.2, -0.15) is 0 Å². The van der Waals surface area contributed by atoms with Gasteiger partial charge in [-0.15, -0.1) is 0 Å². The molecule has 2 atom stereocenters. The number of carboxylic acid groups (broad SMARTS) is 1. The Kier molecular flexibility index (Phi) is 4.73. The number of hydrogen-bond acceptors (Lipinski definition) is 3. The molecule has 2 unspecified atom stereocenters. The van der Waals surface area contributed by atoms with Crippen molar-refractivity contribution in [1.29, 1.82) is 0 Å². The Labute approximate surface area is 95.8 Å². The van der Waals surface area contributed by atoms with Crippen LogP contribution in [0.3, 0.4) is 0 Å². The van der Waals surface area contributed by atoms with Crippen LogP contribution >= 0.6 is 0 Å². The van der Waals surface area contributed by atoms with Crippen LogP contribution in [0.5, 0.6) is 0 Å². The fourth-order valence-electron chi connectivity index (χ4n) is 1.94. The minimum atomic E-state index is -0.871. The second-order valence-electron chi connectivity index (χ2n) is 4.54. The standard InChI is InChI=1S/C11H20N2O3/c1-8-3-5-12-9(7-8)11(16)13(2)6-4-10(14)15/h8-9,12H,3-7H2,1-2H3,(H,14,15). The van der Waals surface area contributed by atoms with E-state index in [0.29, 0.717) is 5.92 Å². The summed E-state index contributed by atoms with van der Waals surface area (Å²) in [6, 6.07) is -0.137. The van der Waals surface area contributed by atoms with Crippen molar-refractivity contribution in [2.75, 3.05) is 20.1 Å². The highest BCUT2D eigenvalue weighted by atomic mass is 16.4. The Morgan fingerprint density at radius 1 is 1.50 bits per heavy atom. The summed E-state index contributed by atoms with van der Waals surface area (Å²) in [7, 11) is 1.66. The first-order valence-corrected chi connectivity index (χ1v) is 5.71. The zero-order valence-electron chi connectivity index (χ0n) is 9.90. The van der Waals surface area contributed by atoms with E-state index in [1.54, 1.807) is 7.05 Å². The van der Waals surface area contributed by atoms with Crippen LogP contribution < -0.4 is 5.32 Å². The smallest absolute Gasteiger partial charge is 0.305 e. The summed E-state index contributed by atoms with van der Waals surface area (Å²) in [4.78, 5) is 23.8. The summed E-state index contributed by atoms with van der Waals surface area (Å²) in [5, 5.41) is 11.7. The van der Waals surface area contributed by atoms with Crippen molar-refractivity contribution in [1.82, 2.24) is 10.2 Å². The van der Waals surface area contributed by atoms with E-state index in [-0.39, 0.29) is 24.9 Å². The van der Waals surface area contributed by atoms with Crippen molar-refractivity contribution in [2.45, 2.75) is 32.2 Å². The third-order valence-corrected chi connectivity index (χ3v) is 3.00. The van der Waals surface area contributed by atoms with E-state index in [1.165, 1.54) is 4.90 Å². The molecule has 1 saturated heterocycles. The number of carbonyl (C=O) groups excluding carboxylic acids is 1. The molecule has 5 nitrogen and oxygen atoms in total. The van der Waals surface area contributed by atoms with Gasteiger partial charge in [-0.25, -0.2) is 0 Å². The summed E-state index contributed by atoms with van der Waals surface area (Å²) < 4.78 is 0. The zero-order chi connectivity index (χ0) is 12.1. The van der Waals surface area contributed by atoms with Gasteiger partial charge in [-0.3, -0.25) is 9.59 Å². The van der Waals surface area contributed by atoms with E-state index in [9.17, 15) is 9.59 Å². The van der Waals surface area contributed by atoms with Gasteiger partial charge in [0.1, 0.15) is 0 Å². The molecule has 0 bridgehead atoms. The molecule has 92 valence electrons. The average molecular weight is 228 g/mol. The van der Waals surface area contributed by atoms with E-state index in [4.69, 9.17) is 5.11 Å². The summed E-state index contributed by atoms with van der Waals surface area (Å²) in [5.41, 5.74) is 0. The number of piperidine rings is 1. The molecule has 0 saturated carbocycles. The van der Waals surface area contributed by atoms with Crippen LogP contribution in [0.25, 0.3) is 0 Å². The molecular weight excluding hydrogens is 208 g/mol. The van der Waals surface area contributed by atoms with Crippen LogP contribution in [-0.2, 0) is 9.59 Å². The quantitative estimate of drug-likeness (QED) is 0.726. The van der Waals surface area contributed by atoms with Crippen molar-refractivity contribution in [3.05, 3.63) is 0 Å². The lowest BCUT2D eigenvalue weighted by Gasteiger charge is -2.30. The molecule has 0 aromatic heterocycles. The lowest BCUT2D eigenvalue weighted by molar-refractivity contribution is -0.138. The van der Waals surface area contributed by atoms with Gasteiger partial charge in [-0.05, 0) is 25.3 Å². The molecule has 1 fully saturated rings. The topological polar surface area (TPSA) is 69.6 Å². The van der Waals surface area contributed by atoms with Gasteiger partial charge < -0.3 is 15.3 Å². The van der Waals surface area contributed by atoms with Crippen molar-refractivity contribution < 1.29 is 14.7 Å². The van der Waals surface area contributed by atoms with Gasteiger partial charge >= 0.3 is 5.97 Å². The first-order valence-electron chi connectivity index (χ1n) is 5.71. The molecule has 0 aromatic rings. The van der Waals surface area contributed by atoms with Crippen molar-refractivity contribution in [3.8, 4) is 0 Å². The lowest BCUT2D eigenvalue weighted by Crippen LogP contribution is -2.49. The predicted molar refractivity (Wildman–Crippen MR) is 60.1 cm³/mol. The monoisotopic (exact) mass is 228 g/mol. The number of nitrogens with zero attached hydrogens (tertiary/aromatic N) is 1. The second kappa shape index (κ2) is 5.84. The maximum absolute atomic E-state index is 11.9. The maximum atomic E-state index is 11.9. The number of likely N-dealkylation sites (N-methyl/N-ethyl adjacent to an activating group) is 1. The molecule has 1 aliphatic heterocycles. The number of amides is 1. The Morgan fingerprint density at radius 2 is 2.19 bits per heavy atom. The number of aliphatic carboxylic acids is 1. The fraction of sp³-hybridized carbons (Fsp3) is 0.818. The van der Waals surface area contributed by atoms with E-state index in [0.717, 1.165) is 19.4 Å². The van der Waals surface area contributed by atoms with E-state index in [1.807, 2.05) is 0 Å². The SMILES string of the molecule is CC1CCNC(C(=O)N(C)CCC(=O)O)C1. The Hall–Kier alpha value is -1.10. The van der Waals surface area contributed by atoms with Crippen LogP contribution in [0.4, 0.5) is 0 Å². The molecule has 1 amide bonds. The third kappa shape index (κ3) is 3.81. The number of carboxylic acids is 1. The summed E-state index contributed by atoms with van der Waals surface area (Å²) >= 11 is 0. The van der Waals surface area contributed by atoms with Gasteiger partial charge in [0.2, 0.25) is 5.91 Å². The van der Waals surface area contributed by atoms with Crippen LogP contribution in [0, 0.1) is 5.92 Å². The predicted octanol–water partition coefficient (Wildman–Crippen LogP) is 0.308. The molecule has 16 heavy (non-hydrogen) atoms. The maximum Gasteiger partial charge on any atom is 0.305 e. The van der Waals surface area contributed by atoms with Crippen molar-refractivity contribution in [2.24, 2.45) is 5.92 Å². The minimum absolute atomic E-state index is 0.00448. The molecular formula is C11H20N2O3. The van der Waals surface area contributed by atoms with Crippen LogP contribution in [0.15, 0.2) is 0 Å². The molecule has 0 spiro atoms. The van der Waals surface area contributed by atoms with Gasteiger partial charge in [0.25, 0.3) is 0 Å². The minimum Gasteiger partial charge on any atom is -0.481 e. The van der Waals surface area contributed by atoms with Crippen molar-refractivity contribution in [3.63, 3.8) is 0 Å². The van der Waals surface area contributed by atoms with Gasteiger partial charge in [0, 0.05) is 13.6 Å². The van der Waals surface area contributed by atoms with Crippen LogP contribution in [0.1, 0.15) is 26.2 Å². The van der Waals surface area contributed by atoms with Crippen LogP contribution in [0.2, 0.25) is 0 Å². The third-order valence-electron chi connectivity index (χ3n) is 3.00. The van der Waals surface area contributed by atoms with E-state index >= 15 is 0 Å². The van der Waals surface area contributed by atoms with Gasteiger partial charge in [0.05, 0.1) is 12.5 Å². The molecule has 0 aliphatic carbocycles. The summed E-state index contributed by atoms with van der Waals surface area (Å²) in [5.74, 6) is -0.305. The number of carbonyl (C=O) groups is 2. The van der Waals surface area contributed by atoms with Gasteiger partial charge in [0.15, 0.2) is 0 Å². The molecule has 2 N–H and O–H groups in total. The zero-order valence-corrected chi connectivity index (χ0v) is 9.90. The Bertz CT molecular complexity index is 268.